The largest absolute Gasteiger partial charge is 0.452 e. The molecule has 7 nitrogen and oxygen atoms in total. The van der Waals surface area contributed by atoms with Gasteiger partial charge < -0.3 is 9.30 Å². The van der Waals surface area contributed by atoms with Crippen molar-refractivity contribution in [2.45, 2.75) is 13.8 Å². The average molecular weight is 391 g/mol. The molecule has 3 aromatic rings. The molecule has 0 saturated carbocycles. The zero-order valence-corrected chi connectivity index (χ0v) is 16.1. The number of hydrogen-bond donors (Lipinski definition) is 2. The number of amides is 2. The number of hydrazine groups is 1. The molecule has 0 bridgehead atoms. The molecule has 7 heteroatoms. The minimum atomic E-state index is -0.639. The Morgan fingerprint density at radius 3 is 2.17 bits per heavy atom. The Morgan fingerprint density at radius 2 is 1.52 bits per heavy atom. The van der Waals surface area contributed by atoms with Gasteiger partial charge in [-0.1, -0.05) is 36.4 Å². The lowest BCUT2D eigenvalue weighted by Gasteiger charge is -2.10. The highest BCUT2D eigenvalue weighted by molar-refractivity contribution is 5.96. The van der Waals surface area contributed by atoms with E-state index in [0.29, 0.717) is 11.1 Å². The lowest BCUT2D eigenvalue weighted by molar-refractivity contribution is -0.125. The van der Waals surface area contributed by atoms with Crippen LogP contribution in [0.15, 0.2) is 66.7 Å². The van der Waals surface area contributed by atoms with Crippen molar-refractivity contribution in [2.24, 2.45) is 0 Å². The summed E-state index contributed by atoms with van der Waals surface area (Å²) in [6.07, 6.45) is 0. The normalized spacial score (nSPS) is 10.3. The summed E-state index contributed by atoms with van der Waals surface area (Å²) in [6, 6.07) is 19.8. The second-order valence-electron chi connectivity index (χ2n) is 6.40. The fourth-order valence-corrected chi connectivity index (χ4v) is 2.98. The van der Waals surface area contributed by atoms with Crippen molar-refractivity contribution < 1.29 is 19.1 Å². The lowest BCUT2D eigenvalue weighted by Crippen LogP contribution is -2.43. The number of rotatable bonds is 5. The molecular formula is C22H21N3O4. The van der Waals surface area contributed by atoms with Gasteiger partial charge in [0, 0.05) is 22.6 Å². The van der Waals surface area contributed by atoms with Crippen LogP contribution in [0.4, 0.5) is 0 Å². The fraction of sp³-hybridized carbons (Fsp3) is 0.136. The maximum Gasteiger partial charge on any atom is 0.340 e. The van der Waals surface area contributed by atoms with Gasteiger partial charge in [-0.05, 0) is 44.2 Å². The Bertz CT molecular complexity index is 1030. The molecule has 2 N–H and O–H groups in total. The molecule has 0 aliphatic heterocycles. The third-order valence-electron chi connectivity index (χ3n) is 4.35. The third kappa shape index (κ3) is 4.70. The van der Waals surface area contributed by atoms with Gasteiger partial charge in [-0.3, -0.25) is 20.4 Å². The van der Waals surface area contributed by atoms with E-state index in [1.165, 1.54) is 0 Å². The van der Waals surface area contributed by atoms with E-state index in [0.717, 1.165) is 17.1 Å². The Kier molecular flexibility index (Phi) is 6.09. The highest BCUT2D eigenvalue weighted by Gasteiger charge is 2.19. The molecule has 0 saturated heterocycles. The number of carbonyl (C=O) groups excluding carboxylic acids is 3. The summed E-state index contributed by atoms with van der Waals surface area (Å²) in [5.41, 5.74) is 7.81. The SMILES string of the molecule is Cc1cc(C(=O)OCC(=O)NNC(=O)c2ccccc2)c(C)n1-c1ccccc1. The lowest BCUT2D eigenvalue weighted by atomic mass is 10.2. The van der Waals surface area contributed by atoms with E-state index in [4.69, 9.17) is 4.74 Å². The van der Waals surface area contributed by atoms with Crippen LogP contribution in [0.3, 0.4) is 0 Å². The molecule has 0 aliphatic rings. The fourth-order valence-electron chi connectivity index (χ4n) is 2.98. The first-order chi connectivity index (χ1) is 14.0. The van der Waals surface area contributed by atoms with Crippen molar-refractivity contribution in [1.29, 1.82) is 0 Å². The summed E-state index contributed by atoms with van der Waals surface area (Å²) in [4.78, 5) is 36.2. The number of ether oxygens (including phenoxy) is 1. The Balaban J connectivity index is 1.57. The smallest absolute Gasteiger partial charge is 0.340 e. The van der Waals surface area contributed by atoms with Gasteiger partial charge >= 0.3 is 5.97 Å². The molecule has 0 spiro atoms. The zero-order valence-electron chi connectivity index (χ0n) is 16.1. The van der Waals surface area contributed by atoms with Gasteiger partial charge in [0.05, 0.1) is 5.56 Å². The van der Waals surface area contributed by atoms with Crippen molar-refractivity contribution in [3.05, 3.63) is 89.2 Å². The Morgan fingerprint density at radius 1 is 0.897 bits per heavy atom. The van der Waals surface area contributed by atoms with E-state index >= 15 is 0 Å². The number of esters is 1. The van der Waals surface area contributed by atoms with Gasteiger partial charge in [-0.2, -0.15) is 0 Å². The van der Waals surface area contributed by atoms with Gasteiger partial charge in [0.1, 0.15) is 0 Å². The number of hydrogen-bond acceptors (Lipinski definition) is 4. The summed E-state index contributed by atoms with van der Waals surface area (Å²) in [5.74, 6) is -1.71. The molecule has 0 fully saturated rings. The van der Waals surface area contributed by atoms with Crippen LogP contribution in [0.5, 0.6) is 0 Å². The number of aromatic nitrogens is 1. The molecule has 3 rings (SSSR count). The van der Waals surface area contributed by atoms with Gasteiger partial charge in [-0.25, -0.2) is 4.79 Å². The molecular weight excluding hydrogens is 370 g/mol. The molecule has 1 aromatic heterocycles. The molecule has 0 aliphatic carbocycles. The Hall–Kier alpha value is -3.87. The number of nitrogens with one attached hydrogen (secondary N) is 2. The maximum absolute atomic E-state index is 12.4. The third-order valence-corrected chi connectivity index (χ3v) is 4.35. The first-order valence-electron chi connectivity index (χ1n) is 9.03. The second-order valence-corrected chi connectivity index (χ2v) is 6.40. The minimum absolute atomic E-state index is 0.382. The topological polar surface area (TPSA) is 89.4 Å². The molecule has 2 aromatic carbocycles. The first-order valence-corrected chi connectivity index (χ1v) is 9.03. The van der Waals surface area contributed by atoms with Crippen LogP contribution in [0.1, 0.15) is 32.1 Å². The molecule has 0 unspecified atom stereocenters. The summed E-state index contributed by atoms with van der Waals surface area (Å²) >= 11 is 0. The van der Waals surface area contributed by atoms with Crippen molar-refractivity contribution >= 4 is 17.8 Å². The number of benzene rings is 2. The minimum Gasteiger partial charge on any atom is -0.452 e. The monoisotopic (exact) mass is 391 g/mol. The number of carbonyl (C=O) groups is 3. The van der Waals surface area contributed by atoms with Crippen molar-refractivity contribution in [1.82, 2.24) is 15.4 Å². The van der Waals surface area contributed by atoms with Crippen molar-refractivity contribution in [3.8, 4) is 5.69 Å². The zero-order chi connectivity index (χ0) is 20.8. The standard InChI is InChI=1S/C22H21N3O4/c1-15-13-19(16(2)25(15)18-11-7-4-8-12-18)22(28)29-14-20(26)23-24-21(27)17-9-5-3-6-10-17/h3-13H,14H2,1-2H3,(H,23,26)(H,24,27). The van der Waals surface area contributed by atoms with Crippen LogP contribution < -0.4 is 10.9 Å². The second kappa shape index (κ2) is 8.88. The van der Waals surface area contributed by atoms with E-state index in [2.05, 4.69) is 10.9 Å². The van der Waals surface area contributed by atoms with E-state index in [1.807, 2.05) is 48.7 Å². The van der Waals surface area contributed by atoms with Crippen LogP contribution in [-0.4, -0.2) is 29.0 Å². The van der Waals surface area contributed by atoms with Gasteiger partial charge in [0.15, 0.2) is 6.61 Å². The first kappa shape index (κ1) is 19.9. The van der Waals surface area contributed by atoms with Gasteiger partial charge in [0.2, 0.25) is 0 Å². The number of aryl methyl sites for hydroxylation is 1. The van der Waals surface area contributed by atoms with E-state index in [1.54, 1.807) is 36.4 Å². The van der Waals surface area contributed by atoms with Crippen molar-refractivity contribution in [3.63, 3.8) is 0 Å². The highest BCUT2D eigenvalue weighted by atomic mass is 16.5. The molecule has 0 radical (unpaired) electrons. The number of para-hydroxylation sites is 1. The van der Waals surface area contributed by atoms with Crippen LogP contribution in [-0.2, 0) is 9.53 Å². The predicted octanol–water partition coefficient (Wildman–Crippen LogP) is 2.71. The van der Waals surface area contributed by atoms with Gasteiger partial charge in [-0.15, -0.1) is 0 Å². The predicted molar refractivity (Wildman–Crippen MR) is 108 cm³/mol. The van der Waals surface area contributed by atoms with Crippen molar-refractivity contribution in [2.75, 3.05) is 6.61 Å². The van der Waals surface area contributed by atoms with Crippen LogP contribution in [0.2, 0.25) is 0 Å². The van der Waals surface area contributed by atoms with Crippen LogP contribution in [0, 0.1) is 13.8 Å². The quantitative estimate of drug-likeness (QED) is 0.517. The number of nitrogens with zero attached hydrogens (tertiary/aromatic N) is 1. The van der Waals surface area contributed by atoms with E-state index in [-0.39, 0.29) is 0 Å². The molecule has 0 atom stereocenters. The molecule has 2 amide bonds. The summed E-state index contributed by atoms with van der Waals surface area (Å²) in [5, 5.41) is 0. The van der Waals surface area contributed by atoms with Crippen LogP contribution in [0.25, 0.3) is 5.69 Å². The average Bonchev–Trinajstić information content (AvgIpc) is 3.05. The van der Waals surface area contributed by atoms with Gasteiger partial charge in [0.25, 0.3) is 11.8 Å². The summed E-state index contributed by atoms with van der Waals surface area (Å²) < 4.78 is 7.04. The summed E-state index contributed by atoms with van der Waals surface area (Å²) in [7, 11) is 0. The van der Waals surface area contributed by atoms with E-state index < -0.39 is 24.4 Å². The maximum atomic E-state index is 12.4. The van der Waals surface area contributed by atoms with Crippen LogP contribution >= 0.6 is 0 Å². The molecule has 1 heterocycles. The Labute approximate surface area is 168 Å². The molecule has 29 heavy (non-hydrogen) atoms. The highest BCUT2D eigenvalue weighted by Crippen LogP contribution is 2.21. The van der Waals surface area contributed by atoms with E-state index in [9.17, 15) is 14.4 Å². The molecule has 148 valence electrons. The summed E-state index contributed by atoms with van der Waals surface area (Å²) in [6.45, 7) is 3.20.